The Morgan fingerprint density at radius 3 is 2.78 bits per heavy atom. The third-order valence-corrected chi connectivity index (χ3v) is 4.79. The van der Waals surface area contributed by atoms with Crippen molar-refractivity contribution < 1.29 is 4.39 Å². The van der Waals surface area contributed by atoms with E-state index in [1.807, 2.05) is 19.2 Å². The van der Waals surface area contributed by atoms with Gasteiger partial charge in [-0.25, -0.2) is 4.39 Å². The summed E-state index contributed by atoms with van der Waals surface area (Å²) in [5, 5.41) is 12.9. The molecule has 1 aliphatic rings. The molecular formula is C14H17FN2S. The fourth-order valence-electron chi connectivity index (χ4n) is 2.42. The summed E-state index contributed by atoms with van der Waals surface area (Å²) in [4.78, 5) is 1.08. The van der Waals surface area contributed by atoms with E-state index in [2.05, 4.69) is 11.4 Å². The van der Waals surface area contributed by atoms with Gasteiger partial charge in [-0.1, -0.05) is 0 Å². The second kappa shape index (κ2) is 5.73. The molecule has 0 amide bonds. The molecule has 1 fully saturated rings. The van der Waals surface area contributed by atoms with Crippen molar-refractivity contribution in [2.45, 2.75) is 41.4 Å². The fraction of sp³-hybridized carbons (Fsp3) is 0.500. The van der Waals surface area contributed by atoms with E-state index < -0.39 is 0 Å². The molecule has 1 N–H and O–H groups in total. The molecule has 1 aromatic carbocycles. The Balaban J connectivity index is 2.02. The van der Waals surface area contributed by atoms with Crippen LogP contribution in [0, 0.1) is 17.1 Å². The number of benzene rings is 1. The van der Waals surface area contributed by atoms with Gasteiger partial charge in [-0.15, -0.1) is 11.8 Å². The summed E-state index contributed by atoms with van der Waals surface area (Å²) >= 11 is 1.75. The van der Waals surface area contributed by atoms with Gasteiger partial charge in [0.25, 0.3) is 0 Å². The van der Waals surface area contributed by atoms with Crippen LogP contribution in [-0.2, 0) is 0 Å². The molecule has 2 unspecified atom stereocenters. The molecule has 0 aliphatic heterocycles. The zero-order chi connectivity index (χ0) is 13.0. The normalized spacial score (nSPS) is 27.7. The van der Waals surface area contributed by atoms with Crippen molar-refractivity contribution in [2.75, 3.05) is 7.05 Å². The first-order valence-electron chi connectivity index (χ1n) is 6.20. The summed E-state index contributed by atoms with van der Waals surface area (Å²) in [6, 6.07) is 9.00. The Morgan fingerprint density at radius 1 is 1.44 bits per heavy atom. The molecule has 0 heterocycles. The standard InChI is InChI=1S/C14H17FN2S/c1-17-14(10-16)8-2-3-13(9-14)18-12-6-4-11(15)5-7-12/h4-7,13,17H,2-3,8-9H2,1H3. The molecule has 0 bridgehead atoms. The second-order valence-electron chi connectivity index (χ2n) is 4.73. The summed E-state index contributed by atoms with van der Waals surface area (Å²) < 4.78 is 12.8. The minimum absolute atomic E-state index is 0.204. The van der Waals surface area contributed by atoms with Gasteiger partial charge in [0.2, 0.25) is 0 Å². The highest BCUT2D eigenvalue weighted by Crippen LogP contribution is 2.37. The number of halogens is 1. The van der Waals surface area contributed by atoms with Gasteiger partial charge in [0.05, 0.1) is 6.07 Å². The van der Waals surface area contributed by atoms with Crippen LogP contribution in [0.5, 0.6) is 0 Å². The van der Waals surface area contributed by atoms with E-state index in [0.29, 0.717) is 5.25 Å². The fourth-order valence-corrected chi connectivity index (χ4v) is 3.75. The van der Waals surface area contributed by atoms with Crippen LogP contribution in [0.2, 0.25) is 0 Å². The lowest BCUT2D eigenvalue weighted by atomic mass is 9.83. The first-order valence-corrected chi connectivity index (χ1v) is 7.08. The molecule has 1 aliphatic carbocycles. The lowest BCUT2D eigenvalue weighted by Gasteiger charge is -2.35. The molecular weight excluding hydrogens is 247 g/mol. The average molecular weight is 264 g/mol. The van der Waals surface area contributed by atoms with Crippen LogP contribution >= 0.6 is 11.8 Å². The van der Waals surface area contributed by atoms with Gasteiger partial charge in [-0.2, -0.15) is 5.26 Å². The largest absolute Gasteiger partial charge is 0.302 e. The average Bonchev–Trinajstić information content (AvgIpc) is 2.41. The highest BCUT2D eigenvalue weighted by atomic mass is 32.2. The predicted octanol–water partition coefficient (Wildman–Crippen LogP) is 3.34. The topological polar surface area (TPSA) is 35.8 Å². The minimum atomic E-state index is -0.379. The number of hydrogen-bond acceptors (Lipinski definition) is 3. The van der Waals surface area contributed by atoms with E-state index in [1.54, 1.807) is 11.8 Å². The molecule has 0 saturated heterocycles. The second-order valence-corrected chi connectivity index (χ2v) is 6.11. The molecule has 2 nitrogen and oxygen atoms in total. The van der Waals surface area contributed by atoms with Gasteiger partial charge in [-0.05, 0) is 57.0 Å². The Morgan fingerprint density at radius 2 is 2.17 bits per heavy atom. The molecule has 2 atom stereocenters. The van der Waals surface area contributed by atoms with Gasteiger partial charge in [-0.3, -0.25) is 0 Å². The van der Waals surface area contributed by atoms with Crippen molar-refractivity contribution in [3.63, 3.8) is 0 Å². The van der Waals surface area contributed by atoms with E-state index >= 15 is 0 Å². The first-order chi connectivity index (χ1) is 8.67. The van der Waals surface area contributed by atoms with E-state index in [0.717, 1.165) is 30.6 Å². The maximum Gasteiger partial charge on any atom is 0.123 e. The molecule has 18 heavy (non-hydrogen) atoms. The van der Waals surface area contributed by atoms with Crippen LogP contribution in [0.15, 0.2) is 29.2 Å². The lowest BCUT2D eigenvalue weighted by Crippen LogP contribution is -2.46. The maximum atomic E-state index is 12.8. The zero-order valence-corrected chi connectivity index (χ0v) is 11.3. The van der Waals surface area contributed by atoms with Crippen molar-refractivity contribution >= 4 is 11.8 Å². The number of hydrogen-bond donors (Lipinski definition) is 1. The number of nitrogens with one attached hydrogen (secondary N) is 1. The third kappa shape index (κ3) is 3.04. The highest BCUT2D eigenvalue weighted by molar-refractivity contribution is 8.00. The van der Waals surface area contributed by atoms with Gasteiger partial charge in [0.15, 0.2) is 0 Å². The SMILES string of the molecule is CNC1(C#N)CCCC(Sc2ccc(F)cc2)C1. The van der Waals surface area contributed by atoms with Crippen molar-refractivity contribution in [2.24, 2.45) is 0 Å². The van der Waals surface area contributed by atoms with Gasteiger partial charge < -0.3 is 5.32 Å². The van der Waals surface area contributed by atoms with Crippen LogP contribution in [0.1, 0.15) is 25.7 Å². The van der Waals surface area contributed by atoms with Gasteiger partial charge in [0, 0.05) is 10.1 Å². The number of nitriles is 1. The Hall–Kier alpha value is -1.05. The summed E-state index contributed by atoms with van der Waals surface area (Å²) in [5.41, 5.74) is -0.379. The number of rotatable bonds is 3. The summed E-state index contributed by atoms with van der Waals surface area (Å²) in [6.07, 6.45) is 3.95. The Bertz CT molecular complexity index is 440. The minimum Gasteiger partial charge on any atom is -0.302 e. The quantitative estimate of drug-likeness (QED) is 0.909. The molecule has 96 valence electrons. The first kappa shape index (κ1) is 13.4. The van der Waals surface area contributed by atoms with Crippen molar-refractivity contribution in [1.29, 1.82) is 5.26 Å². The van der Waals surface area contributed by atoms with E-state index in [4.69, 9.17) is 0 Å². The van der Waals surface area contributed by atoms with Gasteiger partial charge in [0.1, 0.15) is 11.4 Å². The molecule has 0 radical (unpaired) electrons. The van der Waals surface area contributed by atoms with Crippen LogP contribution in [0.4, 0.5) is 4.39 Å². The van der Waals surface area contributed by atoms with Crippen molar-refractivity contribution in [3.8, 4) is 6.07 Å². The highest BCUT2D eigenvalue weighted by Gasteiger charge is 2.35. The lowest BCUT2D eigenvalue weighted by molar-refractivity contribution is 0.323. The van der Waals surface area contributed by atoms with E-state index in [1.165, 1.54) is 12.1 Å². The van der Waals surface area contributed by atoms with Crippen LogP contribution in [-0.4, -0.2) is 17.8 Å². The van der Waals surface area contributed by atoms with Crippen LogP contribution < -0.4 is 5.32 Å². The molecule has 1 saturated carbocycles. The Kier molecular flexibility index (Phi) is 4.26. The smallest absolute Gasteiger partial charge is 0.123 e. The molecule has 0 aromatic heterocycles. The maximum absolute atomic E-state index is 12.8. The Labute approximate surface area is 112 Å². The molecule has 2 rings (SSSR count). The monoisotopic (exact) mass is 264 g/mol. The van der Waals surface area contributed by atoms with Crippen LogP contribution in [0.25, 0.3) is 0 Å². The molecule has 1 aromatic rings. The van der Waals surface area contributed by atoms with E-state index in [-0.39, 0.29) is 11.4 Å². The molecule has 0 spiro atoms. The number of nitrogens with zero attached hydrogens (tertiary/aromatic N) is 1. The summed E-state index contributed by atoms with van der Waals surface area (Å²) in [5.74, 6) is -0.204. The van der Waals surface area contributed by atoms with Crippen molar-refractivity contribution in [3.05, 3.63) is 30.1 Å². The molecule has 4 heteroatoms. The predicted molar refractivity (Wildman–Crippen MR) is 71.9 cm³/mol. The number of thioether (sulfide) groups is 1. The summed E-state index contributed by atoms with van der Waals surface area (Å²) in [6.45, 7) is 0. The third-order valence-electron chi connectivity index (χ3n) is 3.51. The van der Waals surface area contributed by atoms with Crippen LogP contribution in [0.3, 0.4) is 0 Å². The van der Waals surface area contributed by atoms with Gasteiger partial charge >= 0.3 is 0 Å². The van der Waals surface area contributed by atoms with Crippen molar-refractivity contribution in [1.82, 2.24) is 5.32 Å². The zero-order valence-electron chi connectivity index (χ0n) is 10.4. The van der Waals surface area contributed by atoms with E-state index in [9.17, 15) is 9.65 Å². The summed E-state index contributed by atoms with van der Waals surface area (Å²) in [7, 11) is 1.86.